The topological polar surface area (TPSA) is 92.8 Å². The van der Waals surface area contributed by atoms with Gasteiger partial charge in [-0.1, -0.05) is 0 Å². The summed E-state index contributed by atoms with van der Waals surface area (Å²) in [5.74, 6) is -1.06. The van der Waals surface area contributed by atoms with Crippen LogP contribution < -0.4 is 5.32 Å². The molecule has 1 aromatic rings. The number of carbonyl (C=O) groups excluding carboxylic acids is 2. The van der Waals surface area contributed by atoms with E-state index in [1.165, 1.54) is 25.5 Å². The van der Waals surface area contributed by atoms with Crippen LogP contribution in [0.3, 0.4) is 0 Å². The molecule has 0 saturated heterocycles. The molecule has 7 nitrogen and oxygen atoms in total. The first-order valence-corrected chi connectivity index (χ1v) is 8.63. The van der Waals surface area contributed by atoms with Crippen LogP contribution in [0.25, 0.3) is 0 Å². The highest BCUT2D eigenvalue weighted by atomic mass is 32.2. The molecule has 0 saturated carbocycles. The van der Waals surface area contributed by atoms with Gasteiger partial charge in [0.05, 0.1) is 25.5 Å². The summed E-state index contributed by atoms with van der Waals surface area (Å²) in [7, 11) is -0.872. The first-order chi connectivity index (χ1) is 9.57. The molecule has 9 heteroatoms. The van der Waals surface area contributed by atoms with Crippen molar-refractivity contribution in [3.8, 4) is 0 Å². The molecule has 118 valence electrons. The molecule has 0 aliphatic heterocycles. The fourth-order valence-corrected chi connectivity index (χ4v) is 2.96. The van der Waals surface area contributed by atoms with Gasteiger partial charge in [0.25, 0.3) is 0 Å². The zero-order chi connectivity index (χ0) is 16.4. The number of carbonyl (C=O) groups is 2. The molecule has 1 N–H and O–H groups in total. The van der Waals surface area contributed by atoms with Gasteiger partial charge >= 0.3 is 5.97 Å². The summed E-state index contributed by atoms with van der Waals surface area (Å²) in [6.45, 7) is 3.26. The van der Waals surface area contributed by atoms with Crippen LogP contribution in [0.4, 0.5) is 5.00 Å². The maximum atomic E-state index is 11.9. The molecule has 0 aromatic carbocycles. The fourth-order valence-electron chi connectivity index (χ4n) is 1.55. The Bertz CT molecular complexity index is 663. The number of thiophene rings is 1. The van der Waals surface area contributed by atoms with Crippen LogP contribution in [-0.2, 0) is 19.6 Å². The monoisotopic (exact) mass is 334 g/mol. The van der Waals surface area contributed by atoms with Gasteiger partial charge in [0.2, 0.25) is 15.9 Å². The molecular weight excluding hydrogens is 316 g/mol. The number of anilines is 1. The Kier molecular flexibility index (Phi) is 5.48. The fraction of sp³-hybridized carbons (Fsp3) is 0.500. The van der Waals surface area contributed by atoms with Gasteiger partial charge < -0.3 is 10.1 Å². The van der Waals surface area contributed by atoms with Crippen LogP contribution in [0.15, 0.2) is 0 Å². The van der Waals surface area contributed by atoms with E-state index in [1.54, 1.807) is 6.92 Å². The van der Waals surface area contributed by atoms with E-state index in [9.17, 15) is 18.0 Å². The number of nitrogens with zero attached hydrogens (tertiary/aromatic N) is 1. The van der Waals surface area contributed by atoms with Crippen LogP contribution >= 0.6 is 11.3 Å². The van der Waals surface area contributed by atoms with E-state index in [1.807, 2.05) is 6.92 Å². The van der Waals surface area contributed by atoms with E-state index in [4.69, 9.17) is 4.74 Å². The number of esters is 1. The lowest BCUT2D eigenvalue weighted by Gasteiger charge is -2.13. The van der Waals surface area contributed by atoms with Gasteiger partial charge in [-0.15, -0.1) is 11.3 Å². The van der Waals surface area contributed by atoms with Crippen molar-refractivity contribution < 1.29 is 22.7 Å². The van der Waals surface area contributed by atoms with Gasteiger partial charge in [-0.25, -0.2) is 13.2 Å². The maximum absolute atomic E-state index is 11.9. The summed E-state index contributed by atoms with van der Waals surface area (Å²) in [5, 5.41) is 2.93. The molecule has 1 amide bonds. The standard InChI is InChI=1S/C12H18N2O5S2/c1-7-8(2)20-11(10(7)12(16)19-4)13-9(15)6-14(3)21(5,17)18/h6H2,1-5H3,(H,13,15). The molecular formula is C12H18N2O5S2. The van der Waals surface area contributed by atoms with Crippen molar-refractivity contribution in [1.29, 1.82) is 0 Å². The highest BCUT2D eigenvalue weighted by Crippen LogP contribution is 2.32. The lowest BCUT2D eigenvalue weighted by Crippen LogP contribution is -2.34. The number of aryl methyl sites for hydroxylation is 1. The van der Waals surface area contributed by atoms with E-state index in [2.05, 4.69) is 5.32 Å². The summed E-state index contributed by atoms with van der Waals surface area (Å²) >= 11 is 1.25. The van der Waals surface area contributed by atoms with Crippen LogP contribution in [0.1, 0.15) is 20.8 Å². The molecule has 0 atom stereocenters. The molecule has 0 fully saturated rings. The van der Waals surface area contributed by atoms with E-state index < -0.39 is 21.9 Å². The van der Waals surface area contributed by atoms with E-state index in [-0.39, 0.29) is 6.54 Å². The van der Waals surface area contributed by atoms with Crippen molar-refractivity contribution in [3.05, 3.63) is 16.0 Å². The van der Waals surface area contributed by atoms with Crippen molar-refractivity contribution >= 4 is 38.2 Å². The second-order valence-electron chi connectivity index (χ2n) is 4.55. The number of amides is 1. The average Bonchev–Trinajstić information content (AvgIpc) is 2.62. The summed E-state index contributed by atoms with van der Waals surface area (Å²) in [5.41, 5.74) is 1.04. The summed E-state index contributed by atoms with van der Waals surface area (Å²) < 4.78 is 28.2. The van der Waals surface area contributed by atoms with Crippen molar-refractivity contribution in [2.75, 3.05) is 32.3 Å². The molecule has 1 heterocycles. The molecule has 0 bridgehead atoms. The van der Waals surface area contributed by atoms with E-state index in [0.717, 1.165) is 21.0 Å². The van der Waals surface area contributed by atoms with Crippen molar-refractivity contribution in [3.63, 3.8) is 0 Å². The summed E-state index contributed by atoms with van der Waals surface area (Å²) in [4.78, 5) is 24.5. The molecule has 0 aliphatic carbocycles. The minimum atomic E-state index is -3.44. The van der Waals surface area contributed by atoms with Gasteiger partial charge in [0.1, 0.15) is 5.00 Å². The Balaban J connectivity index is 2.96. The molecule has 1 rings (SSSR count). The molecule has 0 aliphatic rings. The smallest absolute Gasteiger partial charge is 0.341 e. The van der Waals surface area contributed by atoms with Gasteiger partial charge in [0.15, 0.2) is 0 Å². The number of methoxy groups -OCH3 is 1. The third-order valence-corrected chi connectivity index (χ3v) is 5.34. The van der Waals surface area contributed by atoms with Gasteiger partial charge in [-0.2, -0.15) is 4.31 Å². The molecule has 0 spiro atoms. The van der Waals surface area contributed by atoms with Crippen LogP contribution in [0.5, 0.6) is 0 Å². The molecule has 21 heavy (non-hydrogen) atoms. The number of ether oxygens (including phenoxy) is 1. The largest absolute Gasteiger partial charge is 0.465 e. The first-order valence-electron chi connectivity index (χ1n) is 5.97. The minimum Gasteiger partial charge on any atom is -0.465 e. The minimum absolute atomic E-state index is 0.301. The van der Waals surface area contributed by atoms with Gasteiger partial charge in [-0.3, -0.25) is 4.79 Å². The number of likely N-dealkylation sites (N-methyl/N-ethyl adjacent to an activating group) is 1. The molecule has 1 aromatic heterocycles. The van der Waals surface area contributed by atoms with Crippen LogP contribution in [-0.4, -0.2) is 51.6 Å². The Labute approximate surface area is 127 Å². The lowest BCUT2D eigenvalue weighted by atomic mass is 10.1. The third kappa shape index (κ3) is 4.26. The predicted molar refractivity (Wildman–Crippen MR) is 81.2 cm³/mol. The lowest BCUT2D eigenvalue weighted by molar-refractivity contribution is -0.116. The number of hydrogen-bond donors (Lipinski definition) is 1. The SMILES string of the molecule is COC(=O)c1c(NC(=O)CN(C)S(C)(=O)=O)sc(C)c1C. The maximum Gasteiger partial charge on any atom is 0.341 e. The Morgan fingerprint density at radius 3 is 2.38 bits per heavy atom. The Morgan fingerprint density at radius 2 is 1.90 bits per heavy atom. The third-order valence-electron chi connectivity index (χ3n) is 2.96. The second-order valence-corrected chi connectivity index (χ2v) is 7.86. The normalized spacial score (nSPS) is 11.5. The summed E-state index contributed by atoms with van der Waals surface area (Å²) in [6, 6.07) is 0. The average molecular weight is 334 g/mol. The van der Waals surface area contributed by atoms with Crippen molar-refractivity contribution in [2.24, 2.45) is 0 Å². The summed E-state index contributed by atoms with van der Waals surface area (Å²) in [6.07, 6.45) is 1.01. The van der Waals surface area contributed by atoms with Crippen LogP contribution in [0.2, 0.25) is 0 Å². The quantitative estimate of drug-likeness (QED) is 0.810. The van der Waals surface area contributed by atoms with Crippen molar-refractivity contribution in [1.82, 2.24) is 4.31 Å². The zero-order valence-electron chi connectivity index (χ0n) is 12.5. The van der Waals surface area contributed by atoms with Gasteiger partial charge in [-0.05, 0) is 19.4 Å². The number of hydrogen-bond acceptors (Lipinski definition) is 6. The van der Waals surface area contributed by atoms with E-state index >= 15 is 0 Å². The Morgan fingerprint density at radius 1 is 1.33 bits per heavy atom. The predicted octanol–water partition coefficient (Wildman–Crippen LogP) is 0.981. The highest BCUT2D eigenvalue weighted by molar-refractivity contribution is 7.88. The number of rotatable bonds is 5. The Hall–Kier alpha value is -1.45. The molecule has 0 unspecified atom stereocenters. The first kappa shape index (κ1) is 17.6. The van der Waals surface area contributed by atoms with Crippen molar-refractivity contribution in [2.45, 2.75) is 13.8 Å². The highest BCUT2D eigenvalue weighted by Gasteiger charge is 2.23. The van der Waals surface area contributed by atoms with Crippen LogP contribution in [0, 0.1) is 13.8 Å². The molecule has 0 radical (unpaired) electrons. The van der Waals surface area contributed by atoms with E-state index in [0.29, 0.717) is 10.6 Å². The zero-order valence-corrected chi connectivity index (χ0v) is 14.1. The van der Waals surface area contributed by atoms with Gasteiger partial charge in [0, 0.05) is 11.9 Å². The number of sulfonamides is 1. The second kappa shape index (κ2) is 6.54. The number of nitrogens with one attached hydrogen (secondary N) is 1.